The lowest BCUT2D eigenvalue weighted by molar-refractivity contribution is 0.238. The molecule has 0 unspecified atom stereocenters. The summed E-state index contributed by atoms with van der Waals surface area (Å²) in [4.78, 5) is 8.76. The maximum absolute atomic E-state index is 10.7. The molecule has 2 N–H and O–H groups in total. The SMILES string of the molecule is Cn1c(/C(C#N)=C(\O)CN2CCN(c3ccccc3O)CC2)nc2ccccc21. The van der Waals surface area contributed by atoms with Crippen molar-refractivity contribution in [1.29, 1.82) is 5.26 Å². The number of hydrogen-bond acceptors (Lipinski definition) is 6. The highest BCUT2D eigenvalue weighted by atomic mass is 16.3. The number of nitriles is 1. The van der Waals surface area contributed by atoms with Crippen LogP contribution in [0.15, 0.2) is 54.3 Å². The molecular weight excluding hydrogens is 366 g/mol. The minimum absolute atomic E-state index is 0.0296. The summed E-state index contributed by atoms with van der Waals surface area (Å²) in [5.74, 6) is 0.776. The number of phenolic OH excluding ortho intramolecular Hbond substituents is 1. The molecule has 0 radical (unpaired) electrons. The van der Waals surface area contributed by atoms with E-state index in [1.54, 1.807) is 6.07 Å². The summed E-state index contributed by atoms with van der Waals surface area (Å²) in [6.07, 6.45) is 0. The molecule has 148 valence electrons. The molecule has 2 heterocycles. The summed E-state index contributed by atoms with van der Waals surface area (Å²) in [5, 5.41) is 30.4. The van der Waals surface area contributed by atoms with Gasteiger partial charge in [-0.15, -0.1) is 0 Å². The first-order valence-corrected chi connectivity index (χ1v) is 9.58. The second kappa shape index (κ2) is 7.86. The number of nitrogens with zero attached hydrogens (tertiary/aromatic N) is 5. The topological polar surface area (TPSA) is 88.6 Å². The third-order valence-corrected chi connectivity index (χ3v) is 5.38. The van der Waals surface area contributed by atoms with Gasteiger partial charge in [-0.05, 0) is 24.3 Å². The fourth-order valence-electron chi connectivity index (χ4n) is 3.78. The van der Waals surface area contributed by atoms with Gasteiger partial charge in [0.15, 0.2) is 5.82 Å². The van der Waals surface area contributed by atoms with Gasteiger partial charge in [-0.25, -0.2) is 4.98 Å². The van der Waals surface area contributed by atoms with Crippen LogP contribution in [0.2, 0.25) is 0 Å². The van der Waals surface area contributed by atoms with Crippen molar-refractivity contribution in [1.82, 2.24) is 14.5 Å². The van der Waals surface area contributed by atoms with E-state index in [1.807, 2.05) is 54.1 Å². The van der Waals surface area contributed by atoms with Gasteiger partial charge in [0, 0.05) is 33.2 Å². The van der Waals surface area contributed by atoms with Crippen LogP contribution in [-0.2, 0) is 7.05 Å². The smallest absolute Gasteiger partial charge is 0.155 e. The first-order valence-electron chi connectivity index (χ1n) is 9.58. The summed E-state index contributed by atoms with van der Waals surface area (Å²) in [7, 11) is 1.85. The summed E-state index contributed by atoms with van der Waals surface area (Å²) >= 11 is 0. The average Bonchev–Trinajstić information content (AvgIpc) is 3.06. The minimum atomic E-state index is 0.0296. The van der Waals surface area contributed by atoms with E-state index in [0.29, 0.717) is 12.4 Å². The lowest BCUT2D eigenvalue weighted by Crippen LogP contribution is -2.47. The Morgan fingerprint density at radius 2 is 1.76 bits per heavy atom. The normalized spacial score (nSPS) is 15.9. The largest absolute Gasteiger partial charge is 0.509 e. The summed E-state index contributed by atoms with van der Waals surface area (Å²) in [6, 6.07) is 17.1. The number of aliphatic hydroxyl groups excluding tert-OH is 1. The van der Waals surface area contributed by atoms with Crippen LogP contribution in [0.3, 0.4) is 0 Å². The first-order chi connectivity index (χ1) is 14.1. The molecule has 0 saturated carbocycles. The molecule has 4 rings (SSSR count). The number of aryl methyl sites for hydroxylation is 1. The number of anilines is 1. The molecule has 0 amide bonds. The van der Waals surface area contributed by atoms with E-state index < -0.39 is 0 Å². The Labute approximate surface area is 169 Å². The molecule has 0 bridgehead atoms. The van der Waals surface area contributed by atoms with Crippen molar-refractivity contribution >= 4 is 22.3 Å². The van der Waals surface area contributed by atoms with Gasteiger partial charge < -0.3 is 19.7 Å². The van der Waals surface area contributed by atoms with Gasteiger partial charge in [-0.3, -0.25) is 4.90 Å². The highest BCUT2D eigenvalue weighted by molar-refractivity contribution is 5.83. The number of imidazole rings is 1. The highest BCUT2D eigenvalue weighted by Crippen LogP contribution is 2.27. The van der Waals surface area contributed by atoms with Gasteiger partial charge in [0.1, 0.15) is 23.2 Å². The van der Waals surface area contributed by atoms with Crippen molar-refractivity contribution in [3.05, 3.63) is 60.1 Å². The molecular formula is C22H23N5O2. The zero-order chi connectivity index (χ0) is 20.4. The van der Waals surface area contributed by atoms with Crippen LogP contribution in [-0.4, -0.2) is 57.4 Å². The maximum atomic E-state index is 10.7. The quantitative estimate of drug-likeness (QED) is 0.527. The molecule has 3 aromatic rings. The minimum Gasteiger partial charge on any atom is -0.509 e. The number of aliphatic hydroxyl groups is 1. The molecule has 29 heavy (non-hydrogen) atoms. The Bertz CT molecular complexity index is 1100. The third kappa shape index (κ3) is 3.62. The van der Waals surface area contributed by atoms with E-state index >= 15 is 0 Å². The maximum Gasteiger partial charge on any atom is 0.155 e. The Kier molecular flexibility index (Phi) is 5.10. The number of piperazine rings is 1. The van der Waals surface area contributed by atoms with Gasteiger partial charge in [0.25, 0.3) is 0 Å². The van der Waals surface area contributed by atoms with Crippen molar-refractivity contribution in [2.75, 3.05) is 37.6 Å². The molecule has 7 nitrogen and oxygen atoms in total. The molecule has 1 aliphatic heterocycles. The second-order valence-corrected chi connectivity index (χ2v) is 7.17. The van der Waals surface area contributed by atoms with Gasteiger partial charge in [0.2, 0.25) is 0 Å². The van der Waals surface area contributed by atoms with Crippen LogP contribution in [0.5, 0.6) is 5.75 Å². The summed E-state index contributed by atoms with van der Waals surface area (Å²) in [6.45, 7) is 3.21. The lowest BCUT2D eigenvalue weighted by Gasteiger charge is -2.36. The van der Waals surface area contributed by atoms with E-state index in [4.69, 9.17) is 0 Å². The number of fused-ring (bicyclic) bond motifs is 1. The number of allylic oxidation sites excluding steroid dienone is 1. The molecule has 1 fully saturated rings. The number of benzene rings is 2. The van der Waals surface area contributed by atoms with Gasteiger partial charge in [-0.1, -0.05) is 24.3 Å². The van der Waals surface area contributed by atoms with E-state index in [1.165, 1.54) is 0 Å². The number of aromatic hydroxyl groups is 1. The van der Waals surface area contributed by atoms with E-state index in [9.17, 15) is 15.5 Å². The van der Waals surface area contributed by atoms with Crippen LogP contribution in [0.1, 0.15) is 5.82 Å². The second-order valence-electron chi connectivity index (χ2n) is 7.17. The van der Waals surface area contributed by atoms with Crippen molar-refractivity contribution in [2.24, 2.45) is 7.05 Å². The zero-order valence-electron chi connectivity index (χ0n) is 16.3. The van der Waals surface area contributed by atoms with Crippen LogP contribution in [0.4, 0.5) is 5.69 Å². The van der Waals surface area contributed by atoms with Crippen LogP contribution in [0, 0.1) is 11.3 Å². The Morgan fingerprint density at radius 1 is 1.07 bits per heavy atom. The summed E-state index contributed by atoms with van der Waals surface area (Å²) < 4.78 is 1.83. The van der Waals surface area contributed by atoms with Crippen molar-refractivity contribution in [2.45, 2.75) is 0 Å². The summed E-state index contributed by atoms with van der Waals surface area (Å²) in [5.41, 5.74) is 2.73. The van der Waals surface area contributed by atoms with Crippen LogP contribution >= 0.6 is 0 Å². The van der Waals surface area contributed by atoms with E-state index in [0.717, 1.165) is 42.9 Å². The molecule has 1 aliphatic rings. The molecule has 1 aromatic heterocycles. The first kappa shape index (κ1) is 18.8. The predicted molar refractivity (Wildman–Crippen MR) is 113 cm³/mol. The van der Waals surface area contributed by atoms with Crippen LogP contribution in [0.25, 0.3) is 16.6 Å². The van der Waals surface area contributed by atoms with Gasteiger partial charge >= 0.3 is 0 Å². The van der Waals surface area contributed by atoms with Crippen molar-refractivity contribution < 1.29 is 10.2 Å². The third-order valence-electron chi connectivity index (χ3n) is 5.38. The average molecular weight is 389 g/mol. The fourth-order valence-corrected chi connectivity index (χ4v) is 3.78. The van der Waals surface area contributed by atoms with Crippen molar-refractivity contribution in [3.8, 4) is 11.8 Å². The number of para-hydroxylation sites is 4. The monoisotopic (exact) mass is 389 g/mol. The molecule has 0 spiro atoms. The van der Waals surface area contributed by atoms with Gasteiger partial charge in [0.05, 0.1) is 23.3 Å². The molecule has 2 aromatic carbocycles. The fraction of sp³-hybridized carbons (Fsp3) is 0.273. The highest BCUT2D eigenvalue weighted by Gasteiger charge is 2.22. The van der Waals surface area contributed by atoms with E-state index in [2.05, 4.69) is 20.9 Å². The van der Waals surface area contributed by atoms with Crippen molar-refractivity contribution in [3.63, 3.8) is 0 Å². The number of aromatic nitrogens is 2. The molecule has 7 heteroatoms. The Morgan fingerprint density at radius 3 is 2.45 bits per heavy atom. The molecule has 1 saturated heterocycles. The number of hydrogen-bond donors (Lipinski definition) is 2. The Balaban J connectivity index is 1.50. The Hall–Kier alpha value is -3.50. The lowest BCUT2D eigenvalue weighted by atomic mass is 10.2. The van der Waals surface area contributed by atoms with E-state index in [-0.39, 0.29) is 17.1 Å². The molecule has 0 atom stereocenters. The number of phenols is 1. The molecule has 0 aliphatic carbocycles. The number of rotatable bonds is 4. The standard InChI is InChI=1S/C22H23N5O2/c1-25-18-7-3-2-6-17(18)24-22(25)16(14-23)21(29)15-26-10-12-27(13-11-26)19-8-4-5-9-20(19)28/h2-9,28-29H,10-13,15H2,1H3/b21-16-. The predicted octanol–water partition coefficient (Wildman–Crippen LogP) is 2.89. The zero-order valence-corrected chi connectivity index (χ0v) is 16.3. The van der Waals surface area contributed by atoms with Crippen LogP contribution < -0.4 is 4.90 Å². The van der Waals surface area contributed by atoms with Gasteiger partial charge in [-0.2, -0.15) is 5.26 Å².